The number of carbonyl (C=O) groups excluding carboxylic acids is 1. The second-order valence-electron chi connectivity index (χ2n) is 4.52. The van der Waals surface area contributed by atoms with Crippen molar-refractivity contribution in [3.05, 3.63) is 33.8 Å². The van der Waals surface area contributed by atoms with Crippen molar-refractivity contribution in [2.75, 3.05) is 7.05 Å². The van der Waals surface area contributed by atoms with Gasteiger partial charge in [-0.2, -0.15) is 0 Å². The Bertz CT molecular complexity index is 380. The van der Waals surface area contributed by atoms with E-state index in [0.29, 0.717) is 5.56 Å². The minimum absolute atomic E-state index is 0.0591. The standard InChI is InChI=1S/C12H16BrNO/c1-12(2,3)9-6-5-8(7-10(9)13)11(15)14-4/h5-7H,1-4H3,(H,14,15). The summed E-state index contributed by atoms with van der Waals surface area (Å²) in [4.78, 5) is 11.4. The van der Waals surface area contributed by atoms with Crippen molar-refractivity contribution in [2.24, 2.45) is 0 Å². The maximum Gasteiger partial charge on any atom is 0.251 e. The Kier molecular flexibility index (Phi) is 3.55. The van der Waals surface area contributed by atoms with Crippen molar-refractivity contribution < 1.29 is 4.79 Å². The number of hydrogen-bond acceptors (Lipinski definition) is 1. The third-order valence-electron chi connectivity index (χ3n) is 2.27. The average Bonchev–Trinajstić information content (AvgIpc) is 2.14. The van der Waals surface area contributed by atoms with Gasteiger partial charge in [0, 0.05) is 17.1 Å². The molecular weight excluding hydrogens is 254 g/mol. The molecule has 1 N–H and O–H groups in total. The molecule has 0 aromatic heterocycles. The van der Waals surface area contributed by atoms with Gasteiger partial charge in [0.25, 0.3) is 5.91 Å². The van der Waals surface area contributed by atoms with Crippen LogP contribution in [0.15, 0.2) is 22.7 Å². The van der Waals surface area contributed by atoms with E-state index in [4.69, 9.17) is 0 Å². The van der Waals surface area contributed by atoms with E-state index < -0.39 is 0 Å². The van der Waals surface area contributed by atoms with E-state index in [1.165, 1.54) is 5.56 Å². The van der Waals surface area contributed by atoms with Crippen LogP contribution in [0.4, 0.5) is 0 Å². The highest BCUT2D eigenvalue weighted by Crippen LogP contribution is 2.30. The van der Waals surface area contributed by atoms with Gasteiger partial charge < -0.3 is 5.32 Å². The van der Waals surface area contributed by atoms with Gasteiger partial charge in [0.2, 0.25) is 0 Å². The van der Waals surface area contributed by atoms with Crippen molar-refractivity contribution >= 4 is 21.8 Å². The zero-order valence-electron chi connectivity index (χ0n) is 9.52. The van der Waals surface area contributed by atoms with Gasteiger partial charge in [0.05, 0.1) is 0 Å². The lowest BCUT2D eigenvalue weighted by Crippen LogP contribution is -2.19. The molecule has 0 heterocycles. The van der Waals surface area contributed by atoms with Crippen molar-refractivity contribution in [3.63, 3.8) is 0 Å². The van der Waals surface area contributed by atoms with E-state index in [2.05, 4.69) is 42.0 Å². The lowest BCUT2D eigenvalue weighted by molar-refractivity contribution is 0.0963. The van der Waals surface area contributed by atoms with Crippen molar-refractivity contribution in [3.8, 4) is 0 Å². The van der Waals surface area contributed by atoms with Crippen molar-refractivity contribution in [2.45, 2.75) is 26.2 Å². The van der Waals surface area contributed by atoms with Gasteiger partial charge in [-0.15, -0.1) is 0 Å². The maximum atomic E-state index is 11.4. The molecule has 3 heteroatoms. The third kappa shape index (κ3) is 2.81. The number of rotatable bonds is 1. The fourth-order valence-electron chi connectivity index (χ4n) is 1.41. The molecule has 0 saturated carbocycles. The number of nitrogens with one attached hydrogen (secondary N) is 1. The van der Waals surface area contributed by atoms with Crippen molar-refractivity contribution in [1.29, 1.82) is 0 Å². The van der Waals surface area contributed by atoms with E-state index >= 15 is 0 Å². The lowest BCUT2D eigenvalue weighted by Gasteiger charge is -2.21. The first kappa shape index (κ1) is 12.2. The summed E-state index contributed by atoms with van der Waals surface area (Å²) in [5.74, 6) is -0.0591. The van der Waals surface area contributed by atoms with Crippen LogP contribution in [0.1, 0.15) is 36.7 Å². The summed E-state index contributed by atoms with van der Waals surface area (Å²) in [6, 6.07) is 5.71. The minimum atomic E-state index is -0.0591. The summed E-state index contributed by atoms with van der Waals surface area (Å²) in [6.45, 7) is 6.44. The number of hydrogen-bond donors (Lipinski definition) is 1. The Morgan fingerprint density at radius 2 is 1.93 bits per heavy atom. The van der Waals surface area contributed by atoms with E-state index in [1.807, 2.05) is 18.2 Å². The molecule has 0 aliphatic heterocycles. The fraction of sp³-hybridized carbons (Fsp3) is 0.417. The van der Waals surface area contributed by atoms with Crippen LogP contribution in [0.25, 0.3) is 0 Å². The Labute approximate surface area is 99.2 Å². The highest BCUT2D eigenvalue weighted by Gasteiger charge is 2.17. The molecule has 0 radical (unpaired) electrons. The molecule has 2 nitrogen and oxygen atoms in total. The van der Waals surface area contributed by atoms with Crippen LogP contribution >= 0.6 is 15.9 Å². The molecule has 15 heavy (non-hydrogen) atoms. The quantitative estimate of drug-likeness (QED) is 0.834. The normalized spacial score (nSPS) is 11.3. The van der Waals surface area contributed by atoms with E-state index in [-0.39, 0.29) is 11.3 Å². The smallest absolute Gasteiger partial charge is 0.251 e. The Balaban J connectivity index is 3.15. The van der Waals surface area contributed by atoms with E-state index in [0.717, 1.165) is 4.47 Å². The zero-order valence-corrected chi connectivity index (χ0v) is 11.1. The van der Waals surface area contributed by atoms with Crippen LogP contribution in [0.3, 0.4) is 0 Å². The molecule has 0 unspecified atom stereocenters. The lowest BCUT2D eigenvalue weighted by atomic mass is 9.86. The topological polar surface area (TPSA) is 29.1 Å². The van der Waals surface area contributed by atoms with Gasteiger partial charge in [0.15, 0.2) is 0 Å². The van der Waals surface area contributed by atoms with Gasteiger partial charge in [-0.25, -0.2) is 0 Å². The summed E-state index contributed by atoms with van der Waals surface area (Å²) in [7, 11) is 1.63. The van der Waals surface area contributed by atoms with Crippen LogP contribution in [0, 0.1) is 0 Å². The molecule has 1 rings (SSSR count). The molecule has 1 amide bonds. The molecule has 0 spiro atoms. The van der Waals surface area contributed by atoms with Gasteiger partial charge in [0.1, 0.15) is 0 Å². The Morgan fingerprint density at radius 1 is 1.33 bits per heavy atom. The number of halogens is 1. The number of carbonyl (C=O) groups is 1. The second-order valence-corrected chi connectivity index (χ2v) is 5.38. The first-order valence-electron chi connectivity index (χ1n) is 4.88. The largest absolute Gasteiger partial charge is 0.355 e. The molecule has 0 atom stereocenters. The monoisotopic (exact) mass is 269 g/mol. The predicted molar refractivity (Wildman–Crippen MR) is 66.2 cm³/mol. The van der Waals surface area contributed by atoms with Gasteiger partial charge in [-0.3, -0.25) is 4.79 Å². The fourth-order valence-corrected chi connectivity index (χ4v) is 2.38. The summed E-state index contributed by atoms with van der Waals surface area (Å²) < 4.78 is 0.983. The molecule has 0 aliphatic rings. The molecular formula is C12H16BrNO. The van der Waals surface area contributed by atoms with Crippen LogP contribution in [0.5, 0.6) is 0 Å². The van der Waals surface area contributed by atoms with Crippen LogP contribution in [-0.2, 0) is 5.41 Å². The van der Waals surface area contributed by atoms with Crippen LogP contribution in [0.2, 0.25) is 0 Å². The summed E-state index contributed by atoms with van der Waals surface area (Å²) in [6.07, 6.45) is 0. The first-order chi connectivity index (χ1) is 6.86. The molecule has 1 aromatic carbocycles. The molecule has 82 valence electrons. The Hall–Kier alpha value is -0.830. The minimum Gasteiger partial charge on any atom is -0.355 e. The van der Waals surface area contributed by atoms with Gasteiger partial charge in [-0.1, -0.05) is 42.8 Å². The number of amides is 1. The average molecular weight is 270 g/mol. The number of benzene rings is 1. The highest BCUT2D eigenvalue weighted by atomic mass is 79.9. The summed E-state index contributed by atoms with van der Waals surface area (Å²) in [5, 5.41) is 2.61. The van der Waals surface area contributed by atoms with E-state index in [1.54, 1.807) is 7.05 Å². The molecule has 0 fully saturated rings. The zero-order chi connectivity index (χ0) is 11.6. The predicted octanol–water partition coefficient (Wildman–Crippen LogP) is 3.11. The third-order valence-corrected chi connectivity index (χ3v) is 2.92. The van der Waals surface area contributed by atoms with E-state index in [9.17, 15) is 4.79 Å². The van der Waals surface area contributed by atoms with Gasteiger partial charge >= 0.3 is 0 Å². The van der Waals surface area contributed by atoms with Gasteiger partial charge in [-0.05, 0) is 23.1 Å². The Morgan fingerprint density at radius 3 is 2.33 bits per heavy atom. The van der Waals surface area contributed by atoms with Crippen molar-refractivity contribution in [1.82, 2.24) is 5.32 Å². The summed E-state index contributed by atoms with van der Waals surface area (Å²) >= 11 is 3.50. The maximum absolute atomic E-state index is 11.4. The summed E-state index contributed by atoms with van der Waals surface area (Å²) in [5.41, 5.74) is 1.97. The van der Waals surface area contributed by atoms with Crippen LogP contribution < -0.4 is 5.32 Å². The van der Waals surface area contributed by atoms with Crippen LogP contribution in [-0.4, -0.2) is 13.0 Å². The highest BCUT2D eigenvalue weighted by molar-refractivity contribution is 9.10. The second kappa shape index (κ2) is 4.35. The molecule has 0 saturated heterocycles. The molecule has 0 bridgehead atoms. The first-order valence-corrected chi connectivity index (χ1v) is 5.67. The molecule has 0 aliphatic carbocycles. The molecule has 1 aromatic rings. The SMILES string of the molecule is CNC(=O)c1ccc(C(C)(C)C)c(Br)c1.